The molecule has 0 spiro atoms. The van der Waals surface area contributed by atoms with Gasteiger partial charge in [-0.3, -0.25) is 4.40 Å². The number of ether oxygens (including phenoxy) is 2. The SMILES string of the molecule is Nc1nccn2c([C@@H]3CC[C@@H](CO)OC3)nc(-c3ccc(Oc4ccccc4)c(F)c3F)c12. The molecule has 7 nitrogen and oxygen atoms in total. The van der Waals surface area contributed by atoms with Gasteiger partial charge in [0.05, 0.1) is 19.3 Å². The molecular weight excluding hydrogens is 430 g/mol. The highest BCUT2D eigenvalue weighted by Gasteiger charge is 2.29. The Morgan fingerprint density at radius 1 is 1.12 bits per heavy atom. The number of hydrogen-bond acceptors (Lipinski definition) is 6. The molecule has 0 bridgehead atoms. The summed E-state index contributed by atoms with van der Waals surface area (Å²) in [6.07, 6.45) is 4.41. The van der Waals surface area contributed by atoms with Gasteiger partial charge in [-0.25, -0.2) is 14.4 Å². The van der Waals surface area contributed by atoms with Crippen molar-refractivity contribution in [1.29, 1.82) is 0 Å². The maximum absolute atomic E-state index is 15.2. The largest absolute Gasteiger partial charge is 0.454 e. The van der Waals surface area contributed by atoms with Gasteiger partial charge in [-0.15, -0.1) is 0 Å². The van der Waals surface area contributed by atoms with Gasteiger partial charge in [-0.05, 0) is 37.1 Å². The molecule has 0 amide bonds. The van der Waals surface area contributed by atoms with E-state index in [1.165, 1.54) is 18.3 Å². The standard InChI is InChI=1S/C24H22F2N4O3/c25-19-17(8-9-18(20(19)26)33-15-4-2-1-3-5-15)21-22-23(27)28-10-11-30(22)24(29-21)14-6-7-16(12-31)32-13-14/h1-5,8-11,14,16,31H,6-7,12-13H2,(H2,27,28)/t14-,16+/m1/s1. The fourth-order valence-electron chi connectivity index (χ4n) is 4.13. The van der Waals surface area contributed by atoms with Crippen LogP contribution in [0.1, 0.15) is 24.6 Å². The normalized spacial score (nSPS) is 18.5. The van der Waals surface area contributed by atoms with E-state index in [4.69, 9.17) is 15.2 Å². The molecule has 2 atom stereocenters. The van der Waals surface area contributed by atoms with Crippen LogP contribution in [0, 0.1) is 11.6 Å². The van der Waals surface area contributed by atoms with Crippen LogP contribution in [-0.2, 0) is 4.74 Å². The van der Waals surface area contributed by atoms with Gasteiger partial charge in [-0.2, -0.15) is 4.39 Å². The first kappa shape index (κ1) is 21.3. The minimum Gasteiger partial charge on any atom is -0.454 e. The topological polar surface area (TPSA) is 94.9 Å². The Kier molecular flexibility index (Phi) is 5.65. The molecule has 1 saturated heterocycles. The first-order valence-electron chi connectivity index (χ1n) is 10.6. The second-order valence-electron chi connectivity index (χ2n) is 7.92. The molecule has 4 aromatic rings. The Bertz CT molecular complexity index is 1290. The quantitative estimate of drug-likeness (QED) is 0.469. The number of imidazole rings is 1. The van der Waals surface area contributed by atoms with E-state index in [-0.39, 0.29) is 41.5 Å². The van der Waals surface area contributed by atoms with Crippen molar-refractivity contribution in [2.24, 2.45) is 0 Å². The second kappa shape index (κ2) is 8.76. The Labute approximate surface area is 188 Å². The molecule has 1 aliphatic heterocycles. The molecule has 2 aromatic heterocycles. The van der Waals surface area contributed by atoms with Crippen LogP contribution in [0.4, 0.5) is 14.6 Å². The van der Waals surface area contributed by atoms with Gasteiger partial charge in [0.1, 0.15) is 28.6 Å². The molecule has 33 heavy (non-hydrogen) atoms. The summed E-state index contributed by atoms with van der Waals surface area (Å²) in [5.41, 5.74) is 6.68. The van der Waals surface area contributed by atoms with E-state index in [2.05, 4.69) is 9.97 Å². The molecule has 3 N–H and O–H groups in total. The summed E-state index contributed by atoms with van der Waals surface area (Å²) in [5, 5.41) is 9.32. The van der Waals surface area contributed by atoms with Crippen LogP contribution in [0.5, 0.6) is 11.5 Å². The highest BCUT2D eigenvalue weighted by molar-refractivity contribution is 5.85. The van der Waals surface area contributed by atoms with Crippen molar-refractivity contribution in [1.82, 2.24) is 14.4 Å². The van der Waals surface area contributed by atoms with Gasteiger partial charge in [0.25, 0.3) is 0 Å². The molecule has 5 rings (SSSR count). The zero-order valence-electron chi connectivity index (χ0n) is 17.6. The molecule has 0 aliphatic carbocycles. The fraction of sp³-hybridized carbons (Fsp3) is 0.250. The third-order valence-electron chi connectivity index (χ3n) is 5.82. The number of nitrogens with zero attached hydrogens (tertiary/aromatic N) is 3. The van der Waals surface area contributed by atoms with Gasteiger partial charge in [0.15, 0.2) is 11.6 Å². The van der Waals surface area contributed by atoms with Crippen molar-refractivity contribution in [3.63, 3.8) is 0 Å². The average Bonchev–Trinajstić information content (AvgIpc) is 3.24. The molecule has 0 unspecified atom stereocenters. The third-order valence-corrected chi connectivity index (χ3v) is 5.82. The number of para-hydroxylation sites is 1. The van der Waals surface area contributed by atoms with E-state index in [0.717, 1.165) is 6.42 Å². The highest BCUT2D eigenvalue weighted by Crippen LogP contribution is 2.37. The lowest BCUT2D eigenvalue weighted by Crippen LogP contribution is -2.28. The summed E-state index contributed by atoms with van der Waals surface area (Å²) < 4.78 is 43.1. The van der Waals surface area contributed by atoms with Gasteiger partial charge >= 0.3 is 0 Å². The van der Waals surface area contributed by atoms with Gasteiger partial charge in [0, 0.05) is 23.9 Å². The smallest absolute Gasteiger partial charge is 0.201 e. The van der Waals surface area contributed by atoms with Crippen molar-refractivity contribution in [3.8, 4) is 22.8 Å². The third kappa shape index (κ3) is 3.90. The number of fused-ring (bicyclic) bond motifs is 1. The second-order valence-corrected chi connectivity index (χ2v) is 7.92. The molecule has 9 heteroatoms. The summed E-state index contributed by atoms with van der Waals surface area (Å²) in [4.78, 5) is 8.78. The number of rotatable bonds is 5. The number of anilines is 1. The van der Waals surface area contributed by atoms with Crippen LogP contribution in [0.15, 0.2) is 54.9 Å². The number of nitrogens with two attached hydrogens (primary N) is 1. The number of aliphatic hydroxyl groups is 1. The van der Waals surface area contributed by atoms with Crippen LogP contribution in [0.25, 0.3) is 16.8 Å². The zero-order chi connectivity index (χ0) is 22.9. The van der Waals surface area contributed by atoms with Crippen molar-refractivity contribution in [2.75, 3.05) is 18.9 Å². The molecule has 170 valence electrons. The van der Waals surface area contributed by atoms with Crippen molar-refractivity contribution < 1.29 is 23.4 Å². The number of nitrogen functional groups attached to an aromatic ring is 1. The van der Waals surface area contributed by atoms with E-state index in [9.17, 15) is 9.50 Å². The Balaban J connectivity index is 1.57. The maximum Gasteiger partial charge on any atom is 0.201 e. The van der Waals surface area contributed by atoms with Crippen LogP contribution in [-0.4, -0.2) is 38.8 Å². The Morgan fingerprint density at radius 2 is 1.94 bits per heavy atom. The fourth-order valence-corrected chi connectivity index (χ4v) is 4.13. The molecule has 0 saturated carbocycles. The number of aliphatic hydroxyl groups excluding tert-OH is 1. The van der Waals surface area contributed by atoms with E-state index >= 15 is 4.39 Å². The molecule has 1 fully saturated rings. The van der Waals surface area contributed by atoms with E-state index in [1.807, 2.05) is 0 Å². The predicted octanol–water partition coefficient (Wildman–Crippen LogP) is 4.30. The molecule has 1 aliphatic rings. The summed E-state index contributed by atoms with van der Waals surface area (Å²) in [6, 6.07) is 11.4. The minimum absolute atomic E-state index is 0.0404. The lowest BCUT2D eigenvalue weighted by molar-refractivity contribution is -0.0282. The molecule has 2 aromatic carbocycles. The first-order valence-corrected chi connectivity index (χ1v) is 10.6. The summed E-state index contributed by atoms with van der Waals surface area (Å²) in [6.45, 7) is 0.311. The van der Waals surface area contributed by atoms with Gasteiger partial charge < -0.3 is 20.3 Å². The summed E-state index contributed by atoms with van der Waals surface area (Å²) in [5.74, 6) is -1.36. The van der Waals surface area contributed by atoms with Crippen LogP contribution < -0.4 is 10.5 Å². The molecule has 3 heterocycles. The van der Waals surface area contributed by atoms with E-state index in [0.29, 0.717) is 30.1 Å². The Hall–Kier alpha value is -3.56. The highest BCUT2D eigenvalue weighted by atomic mass is 19.2. The van der Waals surface area contributed by atoms with E-state index in [1.54, 1.807) is 40.9 Å². The maximum atomic E-state index is 15.2. The number of benzene rings is 2. The predicted molar refractivity (Wildman–Crippen MR) is 118 cm³/mol. The zero-order valence-corrected chi connectivity index (χ0v) is 17.6. The van der Waals surface area contributed by atoms with Crippen molar-refractivity contribution in [2.45, 2.75) is 24.9 Å². The lowest BCUT2D eigenvalue weighted by Gasteiger charge is -2.27. The van der Waals surface area contributed by atoms with Crippen molar-refractivity contribution in [3.05, 3.63) is 72.3 Å². The number of halogens is 2. The van der Waals surface area contributed by atoms with Crippen LogP contribution in [0.2, 0.25) is 0 Å². The molecule has 0 radical (unpaired) electrons. The van der Waals surface area contributed by atoms with Gasteiger partial charge in [0.2, 0.25) is 5.82 Å². The van der Waals surface area contributed by atoms with Crippen LogP contribution >= 0.6 is 0 Å². The van der Waals surface area contributed by atoms with Crippen molar-refractivity contribution >= 4 is 11.3 Å². The number of aromatic nitrogens is 3. The van der Waals surface area contributed by atoms with Crippen LogP contribution in [0.3, 0.4) is 0 Å². The van der Waals surface area contributed by atoms with Gasteiger partial charge in [-0.1, -0.05) is 18.2 Å². The Morgan fingerprint density at radius 3 is 2.67 bits per heavy atom. The minimum atomic E-state index is -1.12. The van der Waals surface area contributed by atoms with E-state index < -0.39 is 11.6 Å². The summed E-state index contributed by atoms with van der Waals surface area (Å²) >= 11 is 0. The lowest BCUT2D eigenvalue weighted by atomic mass is 9.98. The number of hydrogen-bond donors (Lipinski definition) is 2. The first-order chi connectivity index (χ1) is 16.1. The monoisotopic (exact) mass is 452 g/mol. The summed E-state index contributed by atoms with van der Waals surface area (Å²) in [7, 11) is 0. The average molecular weight is 452 g/mol. The molecular formula is C24H22F2N4O3.